The van der Waals surface area contributed by atoms with E-state index in [2.05, 4.69) is 10.2 Å². The number of hydrogen-bond donors (Lipinski definition) is 1. The van der Waals surface area contributed by atoms with E-state index in [0.29, 0.717) is 35.2 Å². The molecular formula is C23H30N2O5. The van der Waals surface area contributed by atoms with Gasteiger partial charge in [-0.05, 0) is 49.2 Å². The summed E-state index contributed by atoms with van der Waals surface area (Å²) in [6.45, 7) is 1.54. The highest BCUT2D eigenvalue weighted by atomic mass is 16.5. The number of nitrogens with zero attached hydrogens (tertiary/aromatic N) is 1. The highest BCUT2D eigenvalue weighted by Crippen LogP contribution is 2.31. The average molecular weight is 415 g/mol. The van der Waals surface area contributed by atoms with Crippen LogP contribution in [-0.4, -0.2) is 51.8 Å². The Morgan fingerprint density at radius 2 is 1.53 bits per heavy atom. The Balaban J connectivity index is 1.73. The zero-order chi connectivity index (χ0) is 21.5. The van der Waals surface area contributed by atoms with Crippen molar-refractivity contribution in [1.29, 1.82) is 0 Å². The SMILES string of the molecule is COc1ccc(CN2CCCC[C@@H]2C(=O)Nc2ccc(OC)c(OC)c2)cc1OC. The van der Waals surface area contributed by atoms with Crippen LogP contribution in [0.5, 0.6) is 23.0 Å². The second kappa shape index (κ2) is 10.2. The Kier molecular flexibility index (Phi) is 7.41. The van der Waals surface area contributed by atoms with Crippen LogP contribution in [0.2, 0.25) is 0 Å². The summed E-state index contributed by atoms with van der Waals surface area (Å²) in [5.74, 6) is 2.59. The number of piperidine rings is 1. The number of likely N-dealkylation sites (tertiary alicyclic amines) is 1. The normalized spacial score (nSPS) is 16.6. The third-order valence-corrected chi connectivity index (χ3v) is 5.40. The zero-order valence-electron chi connectivity index (χ0n) is 18.1. The Morgan fingerprint density at radius 3 is 2.20 bits per heavy atom. The summed E-state index contributed by atoms with van der Waals surface area (Å²) in [4.78, 5) is 15.3. The van der Waals surface area contributed by atoms with Crippen molar-refractivity contribution in [3.63, 3.8) is 0 Å². The molecule has 1 heterocycles. The van der Waals surface area contributed by atoms with Gasteiger partial charge in [0.25, 0.3) is 0 Å². The van der Waals surface area contributed by atoms with Crippen molar-refractivity contribution in [2.75, 3.05) is 40.3 Å². The predicted octanol–water partition coefficient (Wildman–Crippen LogP) is 3.71. The van der Waals surface area contributed by atoms with Crippen molar-refractivity contribution in [2.45, 2.75) is 31.8 Å². The fraction of sp³-hybridized carbons (Fsp3) is 0.435. The molecule has 1 atom stereocenters. The van der Waals surface area contributed by atoms with Crippen LogP contribution in [-0.2, 0) is 11.3 Å². The molecule has 0 radical (unpaired) electrons. The lowest BCUT2D eigenvalue weighted by Crippen LogP contribution is -2.46. The monoisotopic (exact) mass is 414 g/mol. The molecule has 7 nitrogen and oxygen atoms in total. The number of benzene rings is 2. The molecule has 1 N–H and O–H groups in total. The smallest absolute Gasteiger partial charge is 0.241 e. The number of anilines is 1. The first-order valence-electron chi connectivity index (χ1n) is 10.1. The highest BCUT2D eigenvalue weighted by molar-refractivity contribution is 5.95. The van der Waals surface area contributed by atoms with E-state index in [9.17, 15) is 4.79 Å². The Hall–Kier alpha value is -2.93. The summed E-state index contributed by atoms with van der Waals surface area (Å²) in [6.07, 6.45) is 2.94. The highest BCUT2D eigenvalue weighted by Gasteiger charge is 2.29. The summed E-state index contributed by atoms with van der Waals surface area (Å²) < 4.78 is 21.3. The van der Waals surface area contributed by atoms with E-state index in [-0.39, 0.29) is 11.9 Å². The zero-order valence-corrected chi connectivity index (χ0v) is 18.1. The summed E-state index contributed by atoms with van der Waals surface area (Å²) >= 11 is 0. The van der Waals surface area contributed by atoms with Crippen molar-refractivity contribution in [1.82, 2.24) is 4.90 Å². The summed E-state index contributed by atoms with van der Waals surface area (Å²) in [5, 5.41) is 3.03. The molecule has 1 aliphatic rings. The lowest BCUT2D eigenvalue weighted by Gasteiger charge is -2.34. The minimum atomic E-state index is -0.194. The number of methoxy groups -OCH3 is 4. The number of carbonyl (C=O) groups excluding carboxylic acids is 1. The molecule has 0 bridgehead atoms. The van der Waals surface area contributed by atoms with Crippen LogP contribution >= 0.6 is 0 Å². The topological polar surface area (TPSA) is 69.3 Å². The van der Waals surface area contributed by atoms with Crippen molar-refractivity contribution in [3.8, 4) is 23.0 Å². The van der Waals surface area contributed by atoms with Gasteiger partial charge in [0.1, 0.15) is 0 Å². The van der Waals surface area contributed by atoms with Gasteiger partial charge in [0.05, 0.1) is 34.5 Å². The van der Waals surface area contributed by atoms with Crippen LogP contribution in [0.1, 0.15) is 24.8 Å². The van der Waals surface area contributed by atoms with Crippen LogP contribution in [0.4, 0.5) is 5.69 Å². The second-order valence-electron chi connectivity index (χ2n) is 7.23. The standard InChI is InChI=1S/C23H30N2O5/c1-27-19-10-8-16(13-21(19)29-3)15-25-12-6-5-7-18(25)23(26)24-17-9-11-20(28-2)22(14-17)30-4/h8-11,13-14,18H,5-7,12,15H2,1-4H3,(H,24,26)/t18-/m1/s1. The maximum Gasteiger partial charge on any atom is 0.241 e. The molecule has 0 saturated carbocycles. The maximum absolute atomic E-state index is 13.1. The Morgan fingerprint density at radius 1 is 0.900 bits per heavy atom. The lowest BCUT2D eigenvalue weighted by atomic mass is 10.00. The second-order valence-corrected chi connectivity index (χ2v) is 7.23. The van der Waals surface area contributed by atoms with Gasteiger partial charge in [0, 0.05) is 18.3 Å². The molecular weight excluding hydrogens is 384 g/mol. The predicted molar refractivity (Wildman–Crippen MR) is 116 cm³/mol. The molecule has 3 rings (SSSR count). The minimum Gasteiger partial charge on any atom is -0.493 e. The molecule has 1 fully saturated rings. The molecule has 2 aromatic rings. The number of amides is 1. The molecule has 1 amide bonds. The molecule has 30 heavy (non-hydrogen) atoms. The van der Waals surface area contributed by atoms with E-state index >= 15 is 0 Å². The van der Waals surface area contributed by atoms with Crippen LogP contribution in [0.15, 0.2) is 36.4 Å². The molecule has 162 valence electrons. The summed E-state index contributed by atoms with van der Waals surface area (Å²) in [7, 11) is 6.41. The van der Waals surface area contributed by atoms with Crippen LogP contribution in [0.25, 0.3) is 0 Å². The van der Waals surface area contributed by atoms with Gasteiger partial charge in [0.15, 0.2) is 23.0 Å². The third kappa shape index (κ3) is 4.97. The van der Waals surface area contributed by atoms with Gasteiger partial charge in [0.2, 0.25) is 5.91 Å². The molecule has 7 heteroatoms. The van der Waals surface area contributed by atoms with Crippen molar-refractivity contribution in [2.24, 2.45) is 0 Å². The first kappa shape index (κ1) is 21.8. The fourth-order valence-corrected chi connectivity index (χ4v) is 3.83. The maximum atomic E-state index is 13.1. The van der Waals surface area contributed by atoms with Gasteiger partial charge in [-0.25, -0.2) is 0 Å². The van der Waals surface area contributed by atoms with Gasteiger partial charge >= 0.3 is 0 Å². The largest absolute Gasteiger partial charge is 0.493 e. The van der Waals surface area contributed by atoms with Gasteiger partial charge in [-0.1, -0.05) is 12.5 Å². The molecule has 0 aliphatic carbocycles. The van der Waals surface area contributed by atoms with Crippen molar-refractivity contribution in [3.05, 3.63) is 42.0 Å². The number of nitrogens with one attached hydrogen (secondary N) is 1. The first-order chi connectivity index (χ1) is 14.6. The van der Waals surface area contributed by atoms with Gasteiger partial charge in [-0.3, -0.25) is 9.69 Å². The van der Waals surface area contributed by atoms with E-state index in [4.69, 9.17) is 18.9 Å². The molecule has 1 aliphatic heterocycles. The molecule has 0 unspecified atom stereocenters. The number of ether oxygens (including phenoxy) is 4. The number of carbonyl (C=O) groups is 1. The average Bonchev–Trinajstić information content (AvgIpc) is 2.79. The van der Waals surface area contributed by atoms with Gasteiger partial charge in [-0.15, -0.1) is 0 Å². The quantitative estimate of drug-likeness (QED) is 0.710. The van der Waals surface area contributed by atoms with Crippen molar-refractivity contribution < 1.29 is 23.7 Å². The first-order valence-corrected chi connectivity index (χ1v) is 10.1. The molecule has 2 aromatic carbocycles. The molecule has 0 aromatic heterocycles. The van der Waals surface area contributed by atoms with E-state index in [0.717, 1.165) is 31.4 Å². The van der Waals surface area contributed by atoms with Gasteiger partial charge < -0.3 is 24.3 Å². The Labute approximate surface area is 177 Å². The van der Waals surface area contributed by atoms with Crippen LogP contribution < -0.4 is 24.3 Å². The van der Waals surface area contributed by atoms with Crippen LogP contribution in [0.3, 0.4) is 0 Å². The van der Waals surface area contributed by atoms with E-state index in [1.54, 1.807) is 40.6 Å². The van der Waals surface area contributed by atoms with Gasteiger partial charge in [-0.2, -0.15) is 0 Å². The number of hydrogen-bond acceptors (Lipinski definition) is 6. The minimum absolute atomic E-state index is 0.0117. The third-order valence-electron chi connectivity index (χ3n) is 5.40. The Bertz CT molecular complexity index is 871. The lowest BCUT2D eigenvalue weighted by molar-refractivity contribution is -0.122. The molecule has 0 spiro atoms. The van der Waals surface area contributed by atoms with Crippen molar-refractivity contribution >= 4 is 11.6 Å². The van der Waals surface area contributed by atoms with E-state index in [1.807, 2.05) is 24.3 Å². The van der Waals surface area contributed by atoms with Crippen LogP contribution in [0, 0.1) is 0 Å². The molecule has 1 saturated heterocycles. The van der Waals surface area contributed by atoms with E-state index in [1.165, 1.54) is 0 Å². The number of rotatable bonds is 8. The fourth-order valence-electron chi connectivity index (χ4n) is 3.83. The summed E-state index contributed by atoms with van der Waals surface area (Å²) in [6, 6.07) is 11.1. The van der Waals surface area contributed by atoms with E-state index < -0.39 is 0 Å². The summed E-state index contributed by atoms with van der Waals surface area (Å²) in [5.41, 5.74) is 1.77.